The van der Waals surface area contributed by atoms with Gasteiger partial charge in [-0.1, -0.05) is 18.2 Å². The summed E-state index contributed by atoms with van der Waals surface area (Å²) in [6.45, 7) is 0. The molecule has 0 aromatic heterocycles. The molecule has 2 rings (SSSR count). The van der Waals surface area contributed by atoms with E-state index in [0.29, 0.717) is 12.1 Å². The molecule has 1 heterocycles. The molecule has 28 heavy (non-hydrogen) atoms. The molecular formula is C18H14F5NO4. The fourth-order valence-electron chi connectivity index (χ4n) is 2.38. The minimum atomic E-state index is -5.81. The van der Waals surface area contributed by atoms with E-state index in [1.807, 2.05) is 0 Å². The zero-order valence-electron chi connectivity index (χ0n) is 14.6. The van der Waals surface area contributed by atoms with Crippen LogP contribution >= 0.6 is 0 Å². The van der Waals surface area contributed by atoms with Gasteiger partial charge in [0.15, 0.2) is 0 Å². The molecule has 0 fully saturated rings. The molecule has 10 heteroatoms. The van der Waals surface area contributed by atoms with Crippen molar-refractivity contribution in [2.24, 2.45) is 0 Å². The summed E-state index contributed by atoms with van der Waals surface area (Å²) in [6, 6.07) is 3.35. The van der Waals surface area contributed by atoms with Crippen molar-refractivity contribution in [1.82, 2.24) is 0 Å². The monoisotopic (exact) mass is 403 g/mol. The van der Waals surface area contributed by atoms with E-state index in [1.165, 1.54) is 30.5 Å². The van der Waals surface area contributed by atoms with E-state index in [4.69, 9.17) is 0 Å². The van der Waals surface area contributed by atoms with Crippen LogP contribution in [-0.4, -0.2) is 32.3 Å². The first-order valence-corrected chi connectivity index (χ1v) is 7.64. The van der Waals surface area contributed by atoms with Crippen LogP contribution in [-0.2, 0) is 25.0 Å². The SMILES string of the molecule is COC(=O)C1=C(C(=O)OC)N(c2cccc(C(F)(F)C(F)(F)F)c2)C=CC=C1. The van der Waals surface area contributed by atoms with Gasteiger partial charge in [-0.05, 0) is 24.3 Å². The lowest BCUT2D eigenvalue weighted by molar-refractivity contribution is -0.289. The number of benzene rings is 1. The third kappa shape index (κ3) is 3.90. The van der Waals surface area contributed by atoms with E-state index in [2.05, 4.69) is 9.47 Å². The van der Waals surface area contributed by atoms with Crippen LogP contribution < -0.4 is 4.90 Å². The van der Waals surface area contributed by atoms with Crippen molar-refractivity contribution in [2.45, 2.75) is 12.1 Å². The van der Waals surface area contributed by atoms with Gasteiger partial charge in [0, 0.05) is 17.5 Å². The van der Waals surface area contributed by atoms with E-state index in [-0.39, 0.29) is 11.3 Å². The highest BCUT2D eigenvalue weighted by Crippen LogP contribution is 2.44. The molecule has 0 N–H and O–H groups in total. The second kappa shape index (κ2) is 7.83. The fourth-order valence-corrected chi connectivity index (χ4v) is 2.38. The zero-order chi connectivity index (χ0) is 21.1. The summed E-state index contributed by atoms with van der Waals surface area (Å²) in [5, 5.41) is 0. The molecule has 1 aliphatic heterocycles. The molecule has 0 radical (unpaired) electrons. The van der Waals surface area contributed by atoms with E-state index < -0.39 is 35.3 Å². The molecule has 150 valence electrons. The van der Waals surface area contributed by atoms with Crippen molar-refractivity contribution in [3.63, 3.8) is 0 Å². The van der Waals surface area contributed by atoms with Crippen LogP contribution in [0.25, 0.3) is 0 Å². The first-order chi connectivity index (χ1) is 13.0. The molecule has 0 bridgehead atoms. The molecule has 1 aromatic rings. The Morgan fingerprint density at radius 1 is 0.964 bits per heavy atom. The van der Waals surface area contributed by atoms with Gasteiger partial charge in [-0.25, -0.2) is 9.59 Å². The standard InChI is InChI=1S/C18H14F5NO4/c1-27-15(25)13-8-3-4-9-24(14(13)16(26)28-2)12-7-5-6-11(10-12)17(19,20)18(21,22)23/h3-10H,1-2H3. The van der Waals surface area contributed by atoms with Gasteiger partial charge in [0.25, 0.3) is 0 Å². The fraction of sp³-hybridized carbons (Fsp3) is 0.222. The molecule has 5 nitrogen and oxygen atoms in total. The predicted molar refractivity (Wildman–Crippen MR) is 88.2 cm³/mol. The van der Waals surface area contributed by atoms with E-state index in [1.54, 1.807) is 0 Å². The van der Waals surface area contributed by atoms with Crippen LogP contribution in [0.3, 0.4) is 0 Å². The Balaban J connectivity index is 2.67. The minimum Gasteiger partial charge on any atom is -0.465 e. The van der Waals surface area contributed by atoms with Crippen LogP contribution in [0.1, 0.15) is 5.56 Å². The van der Waals surface area contributed by atoms with Gasteiger partial charge in [0.1, 0.15) is 5.70 Å². The lowest BCUT2D eigenvalue weighted by atomic mass is 10.1. The number of nitrogens with zero attached hydrogens (tertiary/aromatic N) is 1. The molecule has 0 saturated carbocycles. The number of carbonyl (C=O) groups excluding carboxylic acids is 2. The number of methoxy groups -OCH3 is 2. The van der Waals surface area contributed by atoms with Crippen LogP contribution in [0.5, 0.6) is 0 Å². The minimum absolute atomic E-state index is 0.219. The van der Waals surface area contributed by atoms with E-state index in [9.17, 15) is 31.5 Å². The Hall–Kier alpha value is -3.17. The van der Waals surface area contributed by atoms with Crippen LogP contribution in [0.15, 0.2) is 60.0 Å². The smallest absolute Gasteiger partial charge is 0.458 e. The average molecular weight is 403 g/mol. The maximum atomic E-state index is 13.7. The van der Waals surface area contributed by atoms with Crippen LogP contribution in [0.2, 0.25) is 0 Å². The van der Waals surface area contributed by atoms with Gasteiger partial charge in [0.05, 0.1) is 19.8 Å². The van der Waals surface area contributed by atoms with Crippen molar-refractivity contribution in [2.75, 3.05) is 19.1 Å². The largest absolute Gasteiger partial charge is 0.465 e. The number of hydrogen-bond donors (Lipinski definition) is 0. The molecule has 0 spiro atoms. The Morgan fingerprint density at radius 3 is 2.18 bits per heavy atom. The molecule has 0 saturated heterocycles. The normalized spacial score (nSPS) is 14.8. The predicted octanol–water partition coefficient (Wildman–Crippen LogP) is 3.83. The molecular weight excluding hydrogens is 389 g/mol. The average Bonchev–Trinajstić information content (AvgIpc) is 2.88. The third-order valence-electron chi connectivity index (χ3n) is 3.73. The Labute approximate surface area is 156 Å². The molecule has 1 aliphatic rings. The number of rotatable bonds is 4. The summed E-state index contributed by atoms with van der Waals surface area (Å²) in [4.78, 5) is 25.2. The second-order valence-electron chi connectivity index (χ2n) is 5.44. The summed E-state index contributed by atoms with van der Waals surface area (Å²) in [7, 11) is 2.08. The Kier molecular flexibility index (Phi) is 5.91. The topological polar surface area (TPSA) is 55.8 Å². The first kappa shape index (κ1) is 21.1. The van der Waals surface area contributed by atoms with Crippen molar-refractivity contribution in [3.05, 3.63) is 65.5 Å². The molecule has 1 aromatic carbocycles. The van der Waals surface area contributed by atoms with E-state index in [0.717, 1.165) is 25.2 Å². The zero-order valence-corrected chi connectivity index (χ0v) is 14.6. The lowest BCUT2D eigenvalue weighted by Crippen LogP contribution is -2.34. The Bertz CT molecular complexity index is 871. The lowest BCUT2D eigenvalue weighted by Gasteiger charge is -2.25. The number of ether oxygens (including phenoxy) is 2. The summed E-state index contributed by atoms with van der Waals surface area (Å²) in [5.74, 6) is -7.07. The quantitative estimate of drug-likeness (QED) is 0.565. The number of carbonyl (C=O) groups is 2. The molecule has 0 aliphatic carbocycles. The maximum Gasteiger partial charge on any atom is 0.458 e. The van der Waals surface area contributed by atoms with E-state index >= 15 is 0 Å². The molecule has 0 amide bonds. The Morgan fingerprint density at radius 2 is 1.61 bits per heavy atom. The van der Waals surface area contributed by atoms with Crippen molar-refractivity contribution in [3.8, 4) is 0 Å². The second-order valence-corrected chi connectivity index (χ2v) is 5.44. The van der Waals surface area contributed by atoms with Gasteiger partial charge in [-0.15, -0.1) is 0 Å². The number of halogens is 5. The van der Waals surface area contributed by atoms with Crippen LogP contribution in [0, 0.1) is 0 Å². The van der Waals surface area contributed by atoms with Gasteiger partial charge in [-0.3, -0.25) is 0 Å². The molecule has 0 unspecified atom stereocenters. The summed E-state index contributed by atoms with van der Waals surface area (Å²) in [6.07, 6.45) is -0.650. The number of alkyl halides is 5. The summed E-state index contributed by atoms with van der Waals surface area (Å²) < 4.78 is 74.8. The first-order valence-electron chi connectivity index (χ1n) is 7.64. The number of anilines is 1. The highest BCUT2D eigenvalue weighted by molar-refractivity contribution is 6.05. The van der Waals surface area contributed by atoms with Crippen molar-refractivity contribution in [1.29, 1.82) is 0 Å². The van der Waals surface area contributed by atoms with Gasteiger partial charge in [0.2, 0.25) is 0 Å². The van der Waals surface area contributed by atoms with Gasteiger partial charge in [-0.2, -0.15) is 22.0 Å². The van der Waals surface area contributed by atoms with Crippen LogP contribution in [0.4, 0.5) is 27.6 Å². The van der Waals surface area contributed by atoms with Gasteiger partial charge < -0.3 is 14.4 Å². The maximum absolute atomic E-state index is 13.7. The summed E-state index contributed by atoms with van der Waals surface area (Å²) in [5.41, 5.74) is -2.23. The number of esters is 2. The van der Waals surface area contributed by atoms with Crippen molar-refractivity contribution >= 4 is 17.6 Å². The van der Waals surface area contributed by atoms with Crippen molar-refractivity contribution < 1.29 is 41.0 Å². The summed E-state index contributed by atoms with van der Waals surface area (Å²) >= 11 is 0. The number of allylic oxidation sites excluding steroid dienone is 2. The van der Waals surface area contributed by atoms with Gasteiger partial charge >= 0.3 is 24.0 Å². The third-order valence-corrected chi connectivity index (χ3v) is 3.73. The molecule has 0 atom stereocenters. The number of hydrogen-bond acceptors (Lipinski definition) is 5. The highest BCUT2D eigenvalue weighted by atomic mass is 19.4. The highest BCUT2D eigenvalue weighted by Gasteiger charge is 2.58.